The van der Waals surface area contributed by atoms with E-state index in [-0.39, 0.29) is 18.4 Å². The van der Waals surface area contributed by atoms with Crippen molar-refractivity contribution in [1.82, 2.24) is 0 Å². The molecule has 0 saturated heterocycles. The number of methoxy groups -OCH3 is 1. The number of carbonyl (C=O) groups is 2. The Kier molecular flexibility index (Phi) is 5.51. The van der Waals surface area contributed by atoms with E-state index in [4.69, 9.17) is 10.5 Å². The van der Waals surface area contributed by atoms with Gasteiger partial charge in [0, 0.05) is 31.5 Å². The fraction of sp³-hybridized carbons (Fsp3) is 0.500. The van der Waals surface area contributed by atoms with Crippen LogP contribution in [0.2, 0.25) is 0 Å². The predicted octanol–water partition coefficient (Wildman–Crippen LogP) is 1.29. The van der Waals surface area contributed by atoms with E-state index in [1.54, 1.807) is 6.07 Å². The van der Waals surface area contributed by atoms with Crippen LogP contribution in [0.5, 0.6) is 0 Å². The van der Waals surface area contributed by atoms with Crippen molar-refractivity contribution in [3.8, 4) is 0 Å². The fourth-order valence-electron chi connectivity index (χ4n) is 2.60. The highest BCUT2D eigenvalue weighted by atomic mass is 16.5. The number of hydrogen-bond donors (Lipinski definition) is 2. The van der Waals surface area contributed by atoms with Crippen molar-refractivity contribution in [3.63, 3.8) is 0 Å². The van der Waals surface area contributed by atoms with Crippen molar-refractivity contribution in [2.24, 2.45) is 5.73 Å². The number of rotatable bonds is 6. The molecule has 120 valence electrons. The van der Waals surface area contributed by atoms with Crippen LogP contribution in [-0.4, -0.2) is 38.1 Å². The molecule has 1 aliphatic heterocycles. The van der Waals surface area contributed by atoms with E-state index >= 15 is 0 Å². The molecule has 1 heterocycles. The molecule has 0 spiro atoms. The SMILES string of the molecule is CCCN1C(=O)CCc2cc(NC(=O)C(N)COC)ccc21. The number of amides is 2. The molecule has 3 N–H and O–H groups in total. The van der Waals surface area contributed by atoms with E-state index in [2.05, 4.69) is 5.32 Å². The molecule has 6 heteroatoms. The van der Waals surface area contributed by atoms with Gasteiger partial charge in [0.15, 0.2) is 0 Å². The van der Waals surface area contributed by atoms with Crippen molar-refractivity contribution < 1.29 is 14.3 Å². The van der Waals surface area contributed by atoms with Crippen LogP contribution in [-0.2, 0) is 20.7 Å². The molecule has 22 heavy (non-hydrogen) atoms. The second-order valence-electron chi connectivity index (χ2n) is 5.44. The summed E-state index contributed by atoms with van der Waals surface area (Å²) >= 11 is 0. The van der Waals surface area contributed by atoms with Gasteiger partial charge >= 0.3 is 0 Å². The molecule has 6 nitrogen and oxygen atoms in total. The lowest BCUT2D eigenvalue weighted by molar-refractivity contribution is -0.119. The molecular formula is C16H23N3O3. The first-order chi connectivity index (χ1) is 10.6. The molecule has 1 unspecified atom stereocenters. The van der Waals surface area contributed by atoms with Gasteiger partial charge in [-0.3, -0.25) is 9.59 Å². The average molecular weight is 305 g/mol. The van der Waals surface area contributed by atoms with E-state index in [0.717, 1.165) is 24.2 Å². The van der Waals surface area contributed by atoms with E-state index < -0.39 is 6.04 Å². The zero-order valence-corrected chi connectivity index (χ0v) is 13.1. The Morgan fingerprint density at radius 1 is 1.45 bits per heavy atom. The molecule has 1 atom stereocenters. The summed E-state index contributed by atoms with van der Waals surface area (Å²) < 4.78 is 4.88. The quantitative estimate of drug-likeness (QED) is 0.829. The van der Waals surface area contributed by atoms with Crippen molar-refractivity contribution in [2.45, 2.75) is 32.2 Å². The van der Waals surface area contributed by atoms with Crippen LogP contribution in [0.15, 0.2) is 18.2 Å². The number of nitrogens with zero attached hydrogens (tertiary/aromatic N) is 1. The van der Waals surface area contributed by atoms with Crippen LogP contribution in [0.1, 0.15) is 25.3 Å². The first-order valence-corrected chi connectivity index (χ1v) is 7.55. The summed E-state index contributed by atoms with van der Waals surface area (Å²) in [5, 5.41) is 2.79. The molecule has 1 aliphatic rings. The number of aryl methyl sites for hydroxylation is 1. The number of hydrogen-bond acceptors (Lipinski definition) is 4. The number of carbonyl (C=O) groups excluding carboxylic acids is 2. The van der Waals surface area contributed by atoms with E-state index in [0.29, 0.717) is 18.5 Å². The molecule has 2 rings (SSSR count). The van der Waals surface area contributed by atoms with Crippen LogP contribution in [0, 0.1) is 0 Å². The summed E-state index contributed by atoms with van der Waals surface area (Å²) in [6.07, 6.45) is 2.12. The molecule has 1 aromatic carbocycles. The maximum Gasteiger partial charge on any atom is 0.243 e. The maximum atomic E-state index is 12.0. The van der Waals surface area contributed by atoms with Gasteiger partial charge in [-0.05, 0) is 36.6 Å². The molecule has 2 amide bonds. The van der Waals surface area contributed by atoms with Crippen molar-refractivity contribution in [2.75, 3.05) is 30.5 Å². The molecule has 1 aromatic rings. The molecule has 0 saturated carbocycles. The zero-order valence-electron chi connectivity index (χ0n) is 13.1. The van der Waals surface area contributed by atoms with Crippen molar-refractivity contribution in [1.29, 1.82) is 0 Å². The van der Waals surface area contributed by atoms with E-state index in [9.17, 15) is 9.59 Å². The second-order valence-corrected chi connectivity index (χ2v) is 5.44. The summed E-state index contributed by atoms with van der Waals surface area (Å²) in [5.74, 6) is -0.118. The fourth-order valence-corrected chi connectivity index (χ4v) is 2.60. The number of nitrogens with one attached hydrogen (secondary N) is 1. The van der Waals surface area contributed by atoms with E-state index in [1.165, 1.54) is 7.11 Å². The Hall–Kier alpha value is -1.92. The highest BCUT2D eigenvalue weighted by Gasteiger charge is 2.24. The first-order valence-electron chi connectivity index (χ1n) is 7.55. The van der Waals surface area contributed by atoms with Crippen molar-refractivity contribution >= 4 is 23.2 Å². The molecule has 0 aliphatic carbocycles. The van der Waals surface area contributed by atoms with Gasteiger partial charge in [0.2, 0.25) is 11.8 Å². The Morgan fingerprint density at radius 3 is 2.91 bits per heavy atom. The zero-order chi connectivity index (χ0) is 16.1. The van der Waals surface area contributed by atoms with Crippen LogP contribution in [0.4, 0.5) is 11.4 Å². The molecule has 0 aromatic heterocycles. The van der Waals surface area contributed by atoms with Gasteiger partial charge in [0.05, 0.1) is 6.61 Å². The summed E-state index contributed by atoms with van der Waals surface area (Å²) in [4.78, 5) is 25.7. The van der Waals surface area contributed by atoms with Gasteiger partial charge in [-0.1, -0.05) is 6.92 Å². The highest BCUT2D eigenvalue weighted by molar-refractivity contribution is 5.98. The van der Waals surface area contributed by atoms with Crippen LogP contribution in [0.25, 0.3) is 0 Å². The second kappa shape index (κ2) is 7.38. The minimum atomic E-state index is -0.695. The summed E-state index contributed by atoms with van der Waals surface area (Å²) in [6.45, 7) is 2.94. The third kappa shape index (κ3) is 3.64. The lowest BCUT2D eigenvalue weighted by Crippen LogP contribution is -2.39. The first kappa shape index (κ1) is 16.5. The largest absolute Gasteiger partial charge is 0.383 e. The summed E-state index contributed by atoms with van der Waals surface area (Å²) in [6, 6.07) is 4.91. The van der Waals surface area contributed by atoms with Crippen LogP contribution < -0.4 is 16.0 Å². The topological polar surface area (TPSA) is 84.7 Å². The van der Waals surface area contributed by atoms with Crippen LogP contribution in [0.3, 0.4) is 0 Å². The monoisotopic (exact) mass is 305 g/mol. The Balaban J connectivity index is 2.14. The normalized spacial score (nSPS) is 15.4. The Labute approximate surface area is 130 Å². The standard InChI is InChI=1S/C16H23N3O3/c1-3-8-19-14-6-5-12(9-11(14)4-7-15(19)20)18-16(21)13(17)10-22-2/h5-6,9,13H,3-4,7-8,10,17H2,1-2H3,(H,18,21). The lowest BCUT2D eigenvalue weighted by Gasteiger charge is -2.29. The van der Waals surface area contributed by atoms with E-state index in [1.807, 2.05) is 24.0 Å². The third-order valence-electron chi connectivity index (χ3n) is 3.68. The number of benzene rings is 1. The number of fused-ring (bicyclic) bond motifs is 1. The third-order valence-corrected chi connectivity index (χ3v) is 3.68. The highest BCUT2D eigenvalue weighted by Crippen LogP contribution is 2.30. The maximum absolute atomic E-state index is 12.0. The Morgan fingerprint density at radius 2 is 2.23 bits per heavy atom. The van der Waals surface area contributed by atoms with Gasteiger partial charge in [-0.2, -0.15) is 0 Å². The average Bonchev–Trinajstić information content (AvgIpc) is 2.50. The van der Waals surface area contributed by atoms with Crippen LogP contribution >= 0.6 is 0 Å². The van der Waals surface area contributed by atoms with Gasteiger partial charge in [-0.15, -0.1) is 0 Å². The molecule has 0 fully saturated rings. The molecule has 0 radical (unpaired) electrons. The van der Waals surface area contributed by atoms with Gasteiger partial charge in [-0.25, -0.2) is 0 Å². The number of ether oxygens (including phenoxy) is 1. The van der Waals surface area contributed by atoms with Crippen molar-refractivity contribution in [3.05, 3.63) is 23.8 Å². The summed E-state index contributed by atoms with van der Waals surface area (Å²) in [7, 11) is 1.51. The van der Waals surface area contributed by atoms with Gasteiger partial charge in [0.25, 0.3) is 0 Å². The smallest absolute Gasteiger partial charge is 0.243 e. The lowest BCUT2D eigenvalue weighted by atomic mass is 10.00. The number of nitrogens with two attached hydrogens (primary N) is 1. The van der Waals surface area contributed by atoms with Gasteiger partial charge in [0.1, 0.15) is 6.04 Å². The minimum Gasteiger partial charge on any atom is -0.383 e. The van der Waals surface area contributed by atoms with Gasteiger partial charge < -0.3 is 20.7 Å². The Bertz CT molecular complexity index is 560. The number of anilines is 2. The molecule has 0 bridgehead atoms. The minimum absolute atomic E-state index is 0.160. The summed E-state index contributed by atoms with van der Waals surface area (Å²) in [5.41, 5.74) is 8.42. The molecular weight excluding hydrogens is 282 g/mol. The predicted molar refractivity (Wildman–Crippen MR) is 85.9 cm³/mol.